The first-order valence-electron chi connectivity index (χ1n) is 8.93. The summed E-state index contributed by atoms with van der Waals surface area (Å²) in [7, 11) is 0. The summed E-state index contributed by atoms with van der Waals surface area (Å²) in [6.45, 7) is 9.82. The number of fused-ring (bicyclic) bond motifs is 2. The zero-order valence-electron chi connectivity index (χ0n) is 16.6. The number of hydrogen-bond donors (Lipinski definition) is 1. The molecule has 0 amide bonds. The third kappa shape index (κ3) is 4.35. The Kier molecular flexibility index (Phi) is 7.02. The first kappa shape index (κ1) is 22.3. The summed E-state index contributed by atoms with van der Waals surface area (Å²) in [5.41, 5.74) is 11.0. The highest BCUT2D eigenvalue weighted by atomic mass is 19.1. The molecule has 30 heavy (non-hydrogen) atoms. The minimum absolute atomic E-state index is 0. The van der Waals surface area contributed by atoms with E-state index in [4.69, 9.17) is 5.73 Å². The largest absolute Gasteiger partial charge is 0.412 e. The lowest BCUT2D eigenvalue weighted by Crippen LogP contribution is -2.02. The number of allylic oxidation sites excluding steroid dienone is 2. The van der Waals surface area contributed by atoms with Crippen LogP contribution in [0.15, 0.2) is 67.8 Å². The van der Waals surface area contributed by atoms with Crippen molar-refractivity contribution < 1.29 is 9.87 Å². The van der Waals surface area contributed by atoms with Gasteiger partial charge in [-0.3, -0.25) is 0 Å². The lowest BCUT2D eigenvalue weighted by molar-refractivity contribution is 0.627. The second-order valence-corrected chi connectivity index (χ2v) is 6.44. The quantitative estimate of drug-likeness (QED) is 0.515. The minimum atomic E-state index is -0.204. The Morgan fingerprint density at radius 1 is 1.17 bits per heavy atom. The van der Waals surface area contributed by atoms with Gasteiger partial charge in [0.05, 0.1) is 11.0 Å². The van der Waals surface area contributed by atoms with E-state index in [1.165, 1.54) is 12.1 Å². The standard InChI is InChI=1S/C14H11N5.C9H9F.H2O/c1-2-7-19-13(16)9(8-15)12-14(19)18-11-6-4-3-5-10(11)17-12;1-7(2)8-3-5-9(10)6-4-8;/h2-6H,1,7,16H2;3-6H,1H2,2H3;1H2. The molecule has 0 spiro atoms. The molecule has 152 valence electrons. The number of para-hydroxylation sites is 2. The first-order valence-corrected chi connectivity index (χ1v) is 8.93. The molecule has 4 N–H and O–H groups in total. The Labute approximate surface area is 173 Å². The van der Waals surface area contributed by atoms with E-state index in [1.54, 1.807) is 22.8 Å². The Balaban J connectivity index is 0.000000249. The van der Waals surface area contributed by atoms with Crippen molar-refractivity contribution in [1.82, 2.24) is 14.5 Å². The van der Waals surface area contributed by atoms with E-state index in [0.29, 0.717) is 29.1 Å². The second-order valence-electron chi connectivity index (χ2n) is 6.44. The molecule has 0 saturated heterocycles. The van der Waals surface area contributed by atoms with Gasteiger partial charge in [-0.05, 0) is 36.8 Å². The maximum atomic E-state index is 12.3. The van der Waals surface area contributed by atoms with Crippen LogP contribution in [0, 0.1) is 17.1 Å². The number of rotatable bonds is 3. The summed E-state index contributed by atoms with van der Waals surface area (Å²) < 4.78 is 14.1. The number of nitrogens with two attached hydrogens (primary N) is 1. The fourth-order valence-electron chi connectivity index (χ4n) is 2.88. The fraction of sp³-hybridized carbons (Fsp3) is 0.0870. The van der Waals surface area contributed by atoms with Gasteiger partial charge in [0.15, 0.2) is 5.65 Å². The molecule has 4 aromatic rings. The van der Waals surface area contributed by atoms with Crippen LogP contribution in [0.1, 0.15) is 18.1 Å². The predicted octanol–water partition coefficient (Wildman–Crippen LogP) is 4.26. The van der Waals surface area contributed by atoms with Gasteiger partial charge in [-0.2, -0.15) is 5.26 Å². The van der Waals surface area contributed by atoms with Crippen molar-refractivity contribution in [3.8, 4) is 6.07 Å². The SMILES string of the molecule is C=C(C)c1ccc(F)cc1.C=CCn1c(N)c(C#N)c2nc3ccccc3nc21.O. The van der Waals surface area contributed by atoms with Crippen LogP contribution in [0.4, 0.5) is 10.2 Å². The van der Waals surface area contributed by atoms with Crippen molar-refractivity contribution in [2.45, 2.75) is 13.5 Å². The number of hydrogen-bond acceptors (Lipinski definition) is 4. The number of benzene rings is 2. The van der Waals surface area contributed by atoms with Gasteiger partial charge in [-0.15, -0.1) is 6.58 Å². The molecule has 0 fully saturated rings. The zero-order valence-corrected chi connectivity index (χ0v) is 16.6. The number of nitrogens with zero attached hydrogens (tertiary/aromatic N) is 4. The first-order chi connectivity index (χ1) is 14.0. The van der Waals surface area contributed by atoms with Gasteiger partial charge < -0.3 is 15.8 Å². The number of halogens is 1. The van der Waals surface area contributed by atoms with Gasteiger partial charge in [-0.1, -0.05) is 42.5 Å². The van der Waals surface area contributed by atoms with Crippen molar-refractivity contribution in [3.05, 3.63) is 84.7 Å². The lowest BCUT2D eigenvalue weighted by Gasteiger charge is -2.03. The molecule has 0 bridgehead atoms. The van der Waals surface area contributed by atoms with Gasteiger partial charge in [-0.25, -0.2) is 14.4 Å². The highest BCUT2D eigenvalue weighted by molar-refractivity contribution is 5.92. The van der Waals surface area contributed by atoms with Gasteiger partial charge >= 0.3 is 0 Å². The van der Waals surface area contributed by atoms with Gasteiger partial charge in [0.2, 0.25) is 0 Å². The normalized spacial score (nSPS) is 9.90. The molecule has 0 aliphatic carbocycles. The third-order valence-corrected chi connectivity index (χ3v) is 4.35. The molecule has 0 unspecified atom stereocenters. The summed E-state index contributed by atoms with van der Waals surface area (Å²) in [6, 6.07) is 15.9. The highest BCUT2D eigenvalue weighted by Gasteiger charge is 2.17. The van der Waals surface area contributed by atoms with Gasteiger partial charge in [0.25, 0.3) is 0 Å². The van der Waals surface area contributed by atoms with E-state index < -0.39 is 0 Å². The average molecular weight is 403 g/mol. The molecule has 7 heteroatoms. The van der Waals surface area contributed by atoms with Gasteiger partial charge in [0.1, 0.15) is 28.8 Å². The van der Waals surface area contributed by atoms with Crippen molar-refractivity contribution in [2.75, 3.05) is 5.73 Å². The Bertz CT molecular complexity index is 1250. The summed E-state index contributed by atoms with van der Waals surface area (Å²) >= 11 is 0. The summed E-state index contributed by atoms with van der Waals surface area (Å²) in [4.78, 5) is 9.04. The molecule has 2 aromatic heterocycles. The molecule has 0 aliphatic rings. The van der Waals surface area contributed by atoms with E-state index in [2.05, 4.69) is 29.2 Å². The molecular weight excluding hydrogens is 381 g/mol. The van der Waals surface area contributed by atoms with Crippen molar-refractivity contribution in [2.24, 2.45) is 0 Å². The topological polar surface area (TPSA) is 112 Å². The highest BCUT2D eigenvalue weighted by Crippen LogP contribution is 2.26. The fourth-order valence-corrected chi connectivity index (χ4v) is 2.88. The molecular formula is C23H22FN5O. The van der Waals surface area contributed by atoms with Crippen LogP contribution in [-0.4, -0.2) is 20.0 Å². The third-order valence-electron chi connectivity index (χ3n) is 4.35. The van der Waals surface area contributed by atoms with E-state index in [1.807, 2.05) is 31.2 Å². The Morgan fingerprint density at radius 2 is 1.77 bits per heavy atom. The molecule has 0 atom stereocenters. The van der Waals surface area contributed by atoms with Crippen LogP contribution in [0.3, 0.4) is 0 Å². The maximum absolute atomic E-state index is 12.3. The van der Waals surface area contributed by atoms with Crippen LogP contribution in [0.25, 0.3) is 27.8 Å². The van der Waals surface area contributed by atoms with E-state index >= 15 is 0 Å². The molecule has 4 rings (SSSR count). The summed E-state index contributed by atoms with van der Waals surface area (Å²) in [5, 5.41) is 9.23. The maximum Gasteiger partial charge on any atom is 0.162 e. The minimum Gasteiger partial charge on any atom is -0.412 e. The molecule has 0 aliphatic heterocycles. The van der Waals surface area contributed by atoms with E-state index in [0.717, 1.165) is 22.2 Å². The molecule has 0 saturated carbocycles. The smallest absolute Gasteiger partial charge is 0.162 e. The zero-order chi connectivity index (χ0) is 21.0. The van der Waals surface area contributed by atoms with Crippen molar-refractivity contribution in [1.29, 1.82) is 5.26 Å². The Hall–Kier alpha value is -4.02. The second kappa shape index (κ2) is 9.45. The Morgan fingerprint density at radius 3 is 2.30 bits per heavy atom. The molecule has 6 nitrogen and oxygen atoms in total. The summed E-state index contributed by atoms with van der Waals surface area (Å²) in [6.07, 6.45) is 1.72. The number of aromatic nitrogens is 3. The van der Waals surface area contributed by atoms with Gasteiger partial charge in [0, 0.05) is 6.54 Å². The number of anilines is 1. The molecule has 0 radical (unpaired) electrons. The average Bonchev–Trinajstić information content (AvgIpc) is 2.97. The number of nitrogen functional groups attached to an aromatic ring is 1. The molecule has 2 heterocycles. The predicted molar refractivity (Wildman–Crippen MR) is 119 cm³/mol. The van der Waals surface area contributed by atoms with Crippen molar-refractivity contribution in [3.63, 3.8) is 0 Å². The molecule has 2 aromatic carbocycles. The lowest BCUT2D eigenvalue weighted by atomic mass is 10.1. The van der Waals surface area contributed by atoms with Crippen LogP contribution in [0.2, 0.25) is 0 Å². The van der Waals surface area contributed by atoms with E-state index in [-0.39, 0.29) is 11.3 Å². The summed E-state index contributed by atoms with van der Waals surface area (Å²) in [5.74, 6) is 0.178. The number of nitriles is 1. The van der Waals surface area contributed by atoms with Crippen LogP contribution in [-0.2, 0) is 6.54 Å². The van der Waals surface area contributed by atoms with Crippen LogP contribution >= 0.6 is 0 Å². The van der Waals surface area contributed by atoms with Crippen LogP contribution < -0.4 is 5.73 Å². The van der Waals surface area contributed by atoms with Crippen molar-refractivity contribution >= 4 is 33.6 Å². The van der Waals surface area contributed by atoms with E-state index in [9.17, 15) is 9.65 Å². The monoisotopic (exact) mass is 403 g/mol. The van der Waals surface area contributed by atoms with Crippen LogP contribution in [0.5, 0.6) is 0 Å².